The molecule has 23 heavy (non-hydrogen) atoms. The van der Waals surface area contributed by atoms with Crippen molar-refractivity contribution >= 4 is 5.91 Å². The van der Waals surface area contributed by atoms with Crippen molar-refractivity contribution in [1.29, 1.82) is 0 Å². The van der Waals surface area contributed by atoms with Gasteiger partial charge in [-0.2, -0.15) is 0 Å². The molecule has 3 nitrogen and oxygen atoms in total. The predicted molar refractivity (Wildman–Crippen MR) is 84.0 cm³/mol. The zero-order valence-electron chi connectivity index (χ0n) is 12.7. The van der Waals surface area contributed by atoms with E-state index in [0.29, 0.717) is 25.2 Å². The highest BCUT2D eigenvalue weighted by Gasteiger charge is 2.22. The highest BCUT2D eigenvalue weighted by molar-refractivity contribution is 5.94. The first-order valence-electron chi connectivity index (χ1n) is 7.63. The Kier molecular flexibility index (Phi) is 4.67. The molecule has 5 heteroatoms. The summed E-state index contributed by atoms with van der Waals surface area (Å²) in [7, 11) is 0. The maximum Gasteiger partial charge on any atom is 0.253 e. The molecule has 0 unspecified atom stereocenters. The molecule has 0 N–H and O–H groups in total. The van der Waals surface area contributed by atoms with E-state index in [1.165, 1.54) is 36.4 Å². The lowest BCUT2D eigenvalue weighted by atomic mass is 10.1. The second-order valence-corrected chi connectivity index (χ2v) is 5.71. The van der Waals surface area contributed by atoms with Crippen molar-refractivity contribution in [3.63, 3.8) is 0 Å². The van der Waals surface area contributed by atoms with Gasteiger partial charge in [0.2, 0.25) is 0 Å². The number of amides is 1. The van der Waals surface area contributed by atoms with Crippen LogP contribution in [0.4, 0.5) is 8.78 Å². The van der Waals surface area contributed by atoms with Crippen molar-refractivity contribution in [2.45, 2.75) is 6.54 Å². The van der Waals surface area contributed by atoms with Crippen LogP contribution in [0.3, 0.4) is 0 Å². The van der Waals surface area contributed by atoms with Crippen molar-refractivity contribution in [1.82, 2.24) is 9.80 Å². The molecule has 1 amide bonds. The largest absolute Gasteiger partial charge is 0.336 e. The molecular weight excluding hydrogens is 298 g/mol. The second kappa shape index (κ2) is 6.87. The first kappa shape index (κ1) is 15.6. The minimum absolute atomic E-state index is 0.0737. The van der Waals surface area contributed by atoms with E-state index < -0.39 is 0 Å². The molecule has 120 valence electrons. The third kappa shape index (κ3) is 3.93. The van der Waals surface area contributed by atoms with E-state index in [2.05, 4.69) is 4.90 Å². The van der Waals surface area contributed by atoms with Crippen molar-refractivity contribution in [2.24, 2.45) is 0 Å². The van der Waals surface area contributed by atoms with Gasteiger partial charge in [0.25, 0.3) is 5.91 Å². The summed E-state index contributed by atoms with van der Waals surface area (Å²) in [5.74, 6) is -0.649. The lowest BCUT2D eigenvalue weighted by Crippen LogP contribution is -2.48. The van der Waals surface area contributed by atoms with E-state index in [-0.39, 0.29) is 17.5 Å². The first-order valence-corrected chi connectivity index (χ1v) is 7.63. The fourth-order valence-corrected chi connectivity index (χ4v) is 2.78. The lowest BCUT2D eigenvalue weighted by Gasteiger charge is -2.34. The van der Waals surface area contributed by atoms with E-state index in [1.54, 1.807) is 11.0 Å². The Labute approximate surface area is 134 Å². The molecule has 0 atom stereocenters. The molecule has 3 rings (SSSR count). The van der Waals surface area contributed by atoms with Crippen LogP contribution in [0.15, 0.2) is 48.5 Å². The number of rotatable bonds is 3. The van der Waals surface area contributed by atoms with Crippen LogP contribution in [0.1, 0.15) is 15.9 Å². The average molecular weight is 316 g/mol. The van der Waals surface area contributed by atoms with Crippen LogP contribution >= 0.6 is 0 Å². The van der Waals surface area contributed by atoms with Gasteiger partial charge in [-0.3, -0.25) is 9.69 Å². The average Bonchev–Trinajstić information content (AvgIpc) is 2.56. The van der Waals surface area contributed by atoms with Gasteiger partial charge in [-0.05, 0) is 42.0 Å². The van der Waals surface area contributed by atoms with Crippen LogP contribution in [0.5, 0.6) is 0 Å². The predicted octanol–water partition coefficient (Wildman–Crippen LogP) is 2.92. The number of hydrogen-bond donors (Lipinski definition) is 0. The van der Waals surface area contributed by atoms with E-state index >= 15 is 0 Å². The third-order valence-corrected chi connectivity index (χ3v) is 4.05. The number of hydrogen-bond acceptors (Lipinski definition) is 2. The van der Waals surface area contributed by atoms with Crippen molar-refractivity contribution in [3.05, 3.63) is 71.3 Å². The van der Waals surface area contributed by atoms with Crippen molar-refractivity contribution < 1.29 is 13.6 Å². The zero-order valence-corrected chi connectivity index (χ0v) is 12.7. The van der Waals surface area contributed by atoms with Crippen LogP contribution in [0, 0.1) is 11.6 Å². The summed E-state index contributed by atoms with van der Waals surface area (Å²) in [4.78, 5) is 16.3. The molecule has 2 aromatic carbocycles. The van der Waals surface area contributed by atoms with Gasteiger partial charge in [0, 0.05) is 38.3 Å². The Morgan fingerprint density at radius 1 is 0.913 bits per heavy atom. The SMILES string of the molecule is O=C(c1ccc(F)cc1)N1CCN(Cc2cccc(F)c2)CC1. The van der Waals surface area contributed by atoms with Gasteiger partial charge in [0.1, 0.15) is 11.6 Å². The van der Waals surface area contributed by atoms with Crippen LogP contribution in [0.25, 0.3) is 0 Å². The Hall–Kier alpha value is -2.27. The van der Waals surface area contributed by atoms with Gasteiger partial charge < -0.3 is 4.90 Å². The van der Waals surface area contributed by atoms with Gasteiger partial charge in [-0.15, -0.1) is 0 Å². The Bertz CT molecular complexity index is 680. The summed E-state index contributed by atoms with van der Waals surface area (Å²) in [5.41, 5.74) is 1.44. The molecule has 1 aliphatic heterocycles. The highest BCUT2D eigenvalue weighted by Crippen LogP contribution is 2.13. The van der Waals surface area contributed by atoms with Crippen molar-refractivity contribution in [2.75, 3.05) is 26.2 Å². The minimum atomic E-state index is -0.346. The fourth-order valence-electron chi connectivity index (χ4n) is 2.78. The quantitative estimate of drug-likeness (QED) is 0.869. The van der Waals surface area contributed by atoms with Gasteiger partial charge in [-0.25, -0.2) is 8.78 Å². The maximum atomic E-state index is 13.2. The molecule has 0 radical (unpaired) electrons. The minimum Gasteiger partial charge on any atom is -0.336 e. The van der Waals surface area contributed by atoms with Crippen LogP contribution in [-0.2, 0) is 6.54 Å². The number of halogens is 2. The lowest BCUT2D eigenvalue weighted by molar-refractivity contribution is 0.0628. The molecule has 2 aromatic rings. The summed E-state index contributed by atoms with van der Waals surface area (Å²) in [6.45, 7) is 3.39. The molecule has 0 aliphatic carbocycles. The smallest absolute Gasteiger partial charge is 0.253 e. The monoisotopic (exact) mass is 316 g/mol. The number of benzene rings is 2. The van der Waals surface area contributed by atoms with E-state index in [1.807, 2.05) is 6.07 Å². The van der Waals surface area contributed by atoms with Crippen LogP contribution in [-0.4, -0.2) is 41.9 Å². The third-order valence-electron chi connectivity index (χ3n) is 4.05. The summed E-state index contributed by atoms with van der Waals surface area (Å²) in [6, 6.07) is 12.2. The standard InChI is InChI=1S/C18H18F2N2O/c19-16-6-4-15(5-7-16)18(23)22-10-8-21(9-11-22)13-14-2-1-3-17(20)12-14/h1-7,12H,8-11,13H2. The first-order chi connectivity index (χ1) is 11.1. The number of carbonyl (C=O) groups excluding carboxylic acids is 1. The molecule has 1 heterocycles. The number of carbonyl (C=O) groups is 1. The van der Waals surface area contributed by atoms with E-state index in [9.17, 15) is 13.6 Å². The summed E-state index contributed by atoms with van der Waals surface area (Å²) >= 11 is 0. The zero-order chi connectivity index (χ0) is 16.2. The molecule has 1 fully saturated rings. The maximum absolute atomic E-state index is 13.2. The highest BCUT2D eigenvalue weighted by atomic mass is 19.1. The Morgan fingerprint density at radius 3 is 2.26 bits per heavy atom. The fraction of sp³-hybridized carbons (Fsp3) is 0.278. The van der Waals surface area contributed by atoms with Crippen molar-refractivity contribution in [3.8, 4) is 0 Å². The van der Waals surface area contributed by atoms with E-state index in [4.69, 9.17) is 0 Å². The van der Waals surface area contributed by atoms with Gasteiger partial charge in [0.05, 0.1) is 0 Å². The Balaban J connectivity index is 1.55. The van der Waals surface area contributed by atoms with Crippen LogP contribution in [0.2, 0.25) is 0 Å². The summed E-state index contributed by atoms with van der Waals surface area (Å²) in [5, 5.41) is 0. The van der Waals surface area contributed by atoms with Crippen LogP contribution < -0.4 is 0 Å². The molecule has 0 aromatic heterocycles. The molecule has 0 saturated carbocycles. The van der Waals surface area contributed by atoms with Gasteiger partial charge >= 0.3 is 0 Å². The second-order valence-electron chi connectivity index (χ2n) is 5.71. The number of piperazine rings is 1. The normalized spacial score (nSPS) is 15.7. The summed E-state index contributed by atoms with van der Waals surface area (Å²) < 4.78 is 26.1. The molecular formula is C18H18F2N2O. The molecule has 1 aliphatic rings. The van der Waals surface area contributed by atoms with Gasteiger partial charge in [-0.1, -0.05) is 12.1 Å². The van der Waals surface area contributed by atoms with E-state index in [0.717, 1.165) is 18.7 Å². The molecule has 0 spiro atoms. The molecule has 1 saturated heterocycles. The number of nitrogens with zero attached hydrogens (tertiary/aromatic N) is 2. The van der Waals surface area contributed by atoms with Gasteiger partial charge in [0.15, 0.2) is 0 Å². The topological polar surface area (TPSA) is 23.6 Å². The Morgan fingerprint density at radius 2 is 1.61 bits per heavy atom. The summed E-state index contributed by atoms with van der Waals surface area (Å²) in [6.07, 6.45) is 0. The molecule has 0 bridgehead atoms.